The molecule has 0 spiro atoms. The van der Waals surface area contributed by atoms with E-state index in [1.54, 1.807) is 25.3 Å². The van der Waals surface area contributed by atoms with Crippen molar-refractivity contribution >= 4 is 40.8 Å². The minimum Gasteiger partial charge on any atom is -0.497 e. The van der Waals surface area contributed by atoms with Crippen molar-refractivity contribution in [1.29, 1.82) is 0 Å². The van der Waals surface area contributed by atoms with E-state index in [1.807, 2.05) is 12.1 Å². The summed E-state index contributed by atoms with van der Waals surface area (Å²) >= 11 is 0.949. The number of amides is 4. The summed E-state index contributed by atoms with van der Waals surface area (Å²) in [5.74, 6) is -0.120. The highest BCUT2D eigenvalue weighted by molar-refractivity contribution is 8.14. The highest BCUT2D eigenvalue weighted by Gasteiger charge is 2.29. The number of nitrogens with zero attached hydrogens (tertiary/aromatic N) is 2. The molecule has 0 radical (unpaired) electrons. The Kier molecular flexibility index (Phi) is 7.42. The molecular weight excluding hydrogens is 370 g/mol. The Bertz CT molecular complexity index is 749. The monoisotopic (exact) mass is 391 g/mol. The molecule has 1 N–H and O–H groups in total. The van der Waals surface area contributed by atoms with Crippen LogP contribution < -0.4 is 10.1 Å². The summed E-state index contributed by atoms with van der Waals surface area (Å²) < 4.78 is 5.12. The van der Waals surface area contributed by atoms with Crippen LogP contribution in [0, 0.1) is 0 Å². The summed E-state index contributed by atoms with van der Waals surface area (Å²) in [7, 11) is 3.08. The Hall–Kier alpha value is -2.81. The molecule has 0 aromatic heterocycles. The van der Waals surface area contributed by atoms with Crippen molar-refractivity contribution in [2.45, 2.75) is 0 Å². The molecule has 4 amide bonds. The second-order valence-electron chi connectivity index (χ2n) is 5.75. The van der Waals surface area contributed by atoms with Gasteiger partial charge < -0.3 is 15.0 Å². The van der Waals surface area contributed by atoms with E-state index < -0.39 is 0 Å². The lowest BCUT2D eigenvalue weighted by Crippen LogP contribution is -2.41. The fourth-order valence-electron chi connectivity index (χ4n) is 2.29. The number of ether oxygens (including phenoxy) is 1. The van der Waals surface area contributed by atoms with E-state index in [4.69, 9.17) is 4.74 Å². The first-order valence-corrected chi connectivity index (χ1v) is 9.20. The minimum atomic E-state index is -0.368. The number of carbonyl (C=O) groups is 4. The second kappa shape index (κ2) is 9.77. The van der Waals surface area contributed by atoms with Crippen molar-refractivity contribution in [1.82, 2.24) is 15.1 Å². The number of likely N-dealkylation sites (N-methyl/N-ethyl adjacent to an activating group) is 1. The number of rotatable bonds is 8. The minimum absolute atomic E-state index is 0.127. The van der Waals surface area contributed by atoms with Gasteiger partial charge in [-0.25, -0.2) is 0 Å². The van der Waals surface area contributed by atoms with Crippen LogP contribution in [0.2, 0.25) is 0 Å². The number of nitrogens with one attached hydrogen (secondary N) is 1. The Morgan fingerprint density at radius 1 is 1.37 bits per heavy atom. The fraction of sp³-hybridized carbons (Fsp3) is 0.333. The van der Waals surface area contributed by atoms with E-state index in [-0.39, 0.29) is 48.3 Å². The summed E-state index contributed by atoms with van der Waals surface area (Å²) in [5, 5.41) is 2.29. The highest BCUT2D eigenvalue weighted by Crippen LogP contribution is 2.17. The van der Waals surface area contributed by atoms with Crippen LogP contribution in [0.25, 0.3) is 6.08 Å². The van der Waals surface area contributed by atoms with E-state index in [9.17, 15) is 19.2 Å². The predicted octanol–water partition coefficient (Wildman–Crippen LogP) is 0.978. The van der Waals surface area contributed by atoms with Crippen LogP contribution in [0.15, 0.2) is 30.3 Å². The molecule has 2 rings (SSSR count). The first-order chi connectivity index (χ1) is 12.9. The Labute approximate surface area is 161 Å². The van der Waals surface area contributed by atoms with Crippen molar-refractivity contribution in [2.75, 3.05) is 39.5 Å². The molecule has 27 heavy (non-hydrogen) atoms. The van der Waals surface area contributed by atoms with Crippen molar-refractivity contribution in [3.05, 3.63) is 35.9 Å². The molecule has 1 saturated heterocycles. The van der Waals surface area contributed by atoms with Gasteiger partial charge in [0, 0.05) is 26.2 Å². The third kappa shape index (κ3) is 6.14. The number of methoxy groups -OCH3 is 1. The lowest BCUT2D eigenvalue weighted by atomic mass is 10.2. The molecule has 0 bridgehead atoms. The van der Waals surface area contributed by atoms with Gasteiger partial charge in [-0.05, 0) is 23.8 Å². The molecule has 1 aromatic rings. The Morgan fingerprint density at radius 2 is 2.15 bits per heavy atom. The summed E-state index contributed by atoms with van der Waals surface area (Å²) in [4.78, 5) is 49.3. The molecular formula is C18H21N3O5S. The summed E-state index contributed by atoms with van der Waals surface area (Å²) in [6.45, 7) is 0.153. The first kappa shape index (κ1) is 20.5. The van der Waals surface area contributed by atoms with Crippen molar-refractivity contribution in [3.8, 4) is 5.75 Å². The Morgan fingerprint density at radius 3 is 2.81 bits per heavy atom. The topological polar surface area (TPSA) is 96.0 Å². The fourth-order valence-corrected chi connectivity index (χ4v) is 3.05. The summed E-state index contributed by atoms with van der Waals surface area (Å²) in [5.41, 5.74) is 0.804. The molecule has 0 aliphatic carbocycles. The van der Waals surface area contributed by atoms with E-state index in [2.05, 4.69) is 5.32 Å². The molecule has 1 heterocycles. The van der Waals surface area contributed by atoms with Gasteiger partial charge in [0.05, 0.1) is 19.4 Å². The van der Waals surface area contributed by atoms with E-state index in [1.165, 1.54) is 18.0 Å². The average molecular weight is 391 g/mol. The quantitative estimate of drug-likeness (QED) is 0.664. The third-order valence-electron chi connectivity index (χ3n) is 3.77. The van der Waals surface area contributed by atoms with Crippen LogP contribution >= 0.6 is 11.8 Å². The molecule has 8 nitrogen and oxygen atoms in total. The molecule has 9 heteroatoms. The molecule has 0 atom stereocenters. The van der Waals surface area contributed by atoms with Crippen molar-refractivity contribution in [2.24, 2.45) is 0 Å². The molecule has 1 aliphatic rings. The lowest BCUT2D eigenvalue weighted by Gasteiger charge is -2.16. The zero-order valence-corrected chi connectivity index (χ0v) is 16.0. The van der Waals surface area contributed by atoms with Crippen LogP contribution in [0.1, 0.15) is 5.56 Å². The number of hydrogen-bond acceptors (Lipinski definition) is 6. The Balaban J connectivity index is 1.76. The molecule has 1 fully saturated rings. The van der Waals surface area contributed by atoms with Gasteiger partial charge in [0.2, 0.25) is 17.7 Å². The van der Waals surface area contributed by atoms with Crippen LogP contribution in [0.5, 0.6) is 5.75 Å². The van der Waals surface area contributed by atoms with Gasteiger partial charge in [-0.15, -0.1) is 0 Å². The standard InChI is InChI=1S/C18H21N3O5S/c1-20(16(23)7-6-13-4-3-5-14(10-13)26-2)11-15(22)19-8-9-21-17(24)12-27-18(21)25/h3-7,10H,8-9,11-12H2,1-2H3,(H,19,22)/b7-6+. The third-order valence-corrected chi connectivity index (χ3v) is 4.63. The maximum Gasteiger partial charge on any atom is 0.288 e. The number of imide groups is 1. The zero-order chi connectivity index (χ0) is 19.8. The summed E-state index contributed by atoms with van der Waals surface area (Å²) in [6, 6.07) is 7.24. The van der Waals surface area contributed by atoms with Gasteiger partial charge in [0.25, 0.3) is 5.24 Å². The molecule has 1 aliphatic heterocycles. The van der Waals surface area contributed by atoms with Gasteiger partial charge in [-0.3, -0.25) is 24.1 Å². The van der Waals surface area contributed by atoms with E-state index >= 15 is 0 Å². The smallest absolute Gasteiger partial charge is 0.288 e. The molecule has 0 unspecified atom stereocenters. The number of thioether (sulfide) groups is 1. The van der Waals surface area contributed by atoms with Crippen LogP contribution in [0.3, 0.4) is 0 Å². The van der Waals surface area contributed by atoms with Gasteiger partial charge in [0.15, 0.2) is 0 Å². The van der Waals surface area contributed by atoms with Crippen molar-refractivity contribution in [3.63, 3.8) is 0 Å². The number of carbonyl (C=O) groups excluding carboxylic acids is 4. The molecule has 1 aromatic carbocycles. The SMILES string of the molecule is COc1cccc(/C=C/C(=O)N(C)CC(=O)NCCN2C(=O)CSC2=O)c1. The molecule has 0 saturated carbocycles. The van der Waals surface area contributed by atoms with Crippen LogP contribution in [-0.2, 0) is 14.4 Å². The van der Waals surface area contributed by atoms with Crippen molar-refractivity contribution < 1.29 is 23.9 Å². The van der Waals surface area contributed by atoms with Gasteiger partial charge in [-0.1, -0.05) is 23.9 Å². The molecule has 144 valence electrons. The first-order valence-electron chi connectivity index (χ1n) is 8.21. The maximum atomic E-state index is 12.1. The van der Waals surface area contributed by atoms with Crippen LogP contribution in [0.4, 0.5) is 4.79 Å². The van der Waals surface area contributed by atoms with Crippen LogP contribution in [-0.4, -0.2) is 72.3 Å². The average Bonchev–Trinajstić information content (AvgIpc) is 2.98. The second-order valence-corrected chi connectivity index (χ2v) is 6.68. The van der Waals surface area contributed by atoms with E-state index in [0.717, 1.165) is 22.2 Å². The van der Waals surface area contributed by atoms with Gasteiger partial charge in [0.1, 0.15) is 5.75 Å². The normalized spacial score (nSPS) is 13.9. The maximum absolute atomic E-state index is 12.1. The largest absolute Gasteiger partial charge is 0.497 e. The van der Waals surface area contributed by atoms with Gasteiger partial charge in [-0.2, -0.15) is 0 Å². The number of benzene rings is 1. The highest BCUT2D eigenvalue weighted by atomic mass is 32.2. The zero-order valence-electron chi connectivity index (χ0n) is 15.1. The predicted molar refractivity (Wildman–Crippen MR) is 102 cm³/mol. The summed E-state index contributed by atoms with van der Waals surface area (Å²) in [6.07, 6.45) is 3.02. The van der Waals surface area contributed by atoms with Gasteiger partial charge >= 0.3 is 0 Å². The van der Waals surface area contributed by atoms with E-state index in [0.29, 0.717) is 5.75 Å². The lowest BCUT2D eigenvalue weighted by molar-refractivity contribution is -0.131. The number of hydrogen-bond donors (Lipinski definition) is 1.